The molecule has 0 saturated heterocycles. The average Bonchev–Trinajstić information content (AvgIpc) is 3.30. The number of benzene rings is 4. The molecular weight excluding hydrogens is 370 g/mol. The van der Waals surface area contributed by atoms with Crippen LogP contribution in [0.1, 0.15) is 25.0 Å². The van der Waals surface area contributed by atoms with Gasteiger partial charge < -0.3 is 4.98 Å². The lowest BCUT2D eigenvalue weighted by Crippen LogP contribution is -1.79. The number of thiophene rings is 1. The van der Waals surface area contributed by atoms with Crippen LogP contribution in [0.5, 0.6) is 0 Å². The second-order valence-corrected chi connectivity index (χ2v) is 8.26. The summed E-state index contributed by atoms with van der Waals surface area (Å²) in [4.78, 5) is 3.64. The molecule has 0 aliphatic rings. The summed E-state index contributed by atoms with van der Waals surface area (Å²) in [6.45, 7) is 10.2. The zero-order valence-electron chi connectivity index (χ0n) is 17.0. The monoisotopic (exact) mass is 393 g/mol. The number of aryl methyl sites for hydroxylation is 1. The first-order valence-corrected chi connectivity index (χ1v) is 11.0. The van der Waals surface area contributed by atoms with Gasteiger partial charge >= 0.3 is 0 Å². The Morgan fingerprint density at radius 2 is 1.59 bits per heavy atom. The van der Waals surface area contributed by atoms with E-state index in [1.54, 1.807) is 0 Å². The van der Waals surface area contributed by atoms with Gasteiger partial charge in [-0.2, -0.15) is 0 Å². The van der Waals surface area contributed by atoms with Crippen molar-refractivity contribution in [2.24, 2.45) is 0 Å². The highest BCUT2D eigenvalue weighted by atomic mass is 32.1. The molecule has 0 unspecified atom stereocenters. The standard InChI is InChI=1S/C25H17NS.C2H6/c1-3-17-14(2)8-9-18-24-22(27-25(17)18)11-10-20-23(24)19-12-15-6-4-5-7-16(15)13-21(19)26-20;1-2/h3-13,26H,1H2,2H3;1-2H3. The predicted octanol–water partition coefficient (Wildman–Crippen LogP) is 8.82. The maximum Gasteiger partial charge on any atom is 0.0472 e. The van der Waals surface area contributed by atoms with Gasteiger partial charge in [-0.1, -0.05) is 62.9 Å². The number of H-pyrrole nitrogens is 1. The van der Waals surface area contributed by atoms with Crippen LogP contribution in [0.15, 0.2) is 67.2 Å². The first-order valence-electron chi connectivity index (χ1n) is 10.2. The molecule has 2 heteroatoms. The molecule has 6 rings (SSSR count). The van der Waals surface area contributed by atoms with Crippen LogP contribution in [0.2, 0.25) is 0 Å². The number of aromatic amines is 1. The molecule has 0 spiro atoms. The van der Waals surface area contributed by atoms with Crippen molar-refractivity contribution in [2.45, 2.75) is 20.8 Å². The molecule has 0 atom stereocenters. The van der Waals surface area contributed by atoms with Gasteiger partial charge in [0.2, 0.25) is 0 Å². The molecule has 1 N–H and O–H groups in total. The maximum absolute atomic E-state index is 4.05. The number of hydrogen-bond acceptors (Lipinski definition) is 1. The molecule has 0 bridgehead atoms. The van der Waals surface area contributed by atoms with Gasteiger partial charge in [0.1, 0.15) is 0 Å². The Labute approximate surface area is 174 Å². The summed E-state index contributed by atoms with van der Waals surface area (Å²) in [7, 11) is 0. The molecule has 2 aromatic heterocycles. The number of nitrogens with one attached hydrogen (secondary N) is 1. The molecule has 29 heavy (non-hydrogen) atoms. The summed E-state index contributed by atoms with van der Waals surface area (Å²) in [5, 5.41) is 7.87. The first-order chi connectivity index (χ1) is 14.2. The Balaban J connectivity index is 0.000000882. The van der Waals surface area contributed by atoms with E-state index in [4.69, 9.17) is 0 Å². The Bertz CT molecular complexity index is 1550. The third kappa shape index (κ3) is 2.53. The van der Waals surface area contributed by atoms with E-state index in [0.29, 0.717) is 0 Å². The van der Waals surface area contributed by atoms with Crippen molar-refractivity contribution in [3.8, 4) is 0 Å². The molecule has 142 valence electrons. The minimum Gasteiger partial charge on any atom is -0.354 e. The minimum absolute atomic E-state index is 1.20. The molecule has 0 aliphatic heterocycles. The van der Waals surface area contributed by atoms with Crippen LogP contribution in [0, 0.1) is 6.92 Å². The largest absolute Gasteiger partial charge is 0.354 e. The van der Waals surface area contributed by atoms with Crippen molar-refractivity contribution >= 4 is 70.2 Å². The lowest BCUT2D eigenvalue weighted by atomic mass is 10.0. The van der Waals surface area contributed by atoms with E-state index < -0.39 is 0 Å². The SMILES string of the molecule is C=Cc1c(C)ccc2c1sc1ccc3[nH]c4cc5ccccc5cc4c3c12.CC. The topological polar surface area (TPSA) is 15.8 Å². The van der Waals surface area contributed by atoms with Gasteiger partial charge in [-0.15, -0.1) is 11.3 Å². The van der Waals surface area contributed by atoms with E-state index in [0.717, 1.165) is 0 Å². The Morgan fingerprint density at radius 3 is 2.34 bits per heavy atom. The Morgan fingerprint density at radius 1 is 0.828 bits per heavy atom. The summed E-state index contributed by atoms with van der Waals surface area (Å²) in [5.74, 6) is 0. The summed E-state index contributed by atoms with van der Waals surface area (Å²) >= 11 is 1.87. The number of fused-ring (bicyclic) bond motifs is 8. The maximum atomic E-state index is 4.05. The van der Waals surface area contributed by atoms with E-state index in [9.17, 15) is 0 Å². The quantitative estimate of drug-likeness (QED) is 0.287. The molecular formula is C27H23NS. The number of aromatic nitrogens is 1. The van der Waals surface area contributed by atoms with Gasteiger partial charge in [0.05, 0.1) is 0 Å². The molecule has 1 nitrogen and oxygen atoms in total. The molecule has 4 aromatic carbocycles. The molecule has 0 radical (unpaired) electrons. The number of rotatable bonds is 1. The van der Waals surface area contributed by atoms with Crippen LogP contribution >= 0.6 is 11.3 Å². The first kappa shape index (κ1) is 18.0. The third-order valence-electron chi connectivity index (χ3n) is 5.69. The molecule has 6 aromatic rings. The van der Waals surface area contributed by atoms with Crippen LogP contribution in [0.3, 0.4) is 0 Å². The zero-order chi connectivity index (χ0) is 20.1. The van der Waals surface area contributed by atoms with E-state index in [2.05, 4.69) is 79.2 Å². The predicted molar refractivity (Wildman–Crippen MR) is 132 cm³/mol. The van der Waals surface area contributed by atoms with Gasteiger partial charge in [-0.3, -0.25) is 0 Å². The second-order valence-electron chi connectivity index (χ2n) is 7.21. The summed E-state index contributed by atoms with van der Waals surface area (Å²) in [6.07, 6.45) is 1.99. The molecule has 0 saturated carbocycles. The van der Waals surface area contributed by atoms with Crippen molar-refractivity contribution in [3.05, 3.63) is 78.4 Å². The highest BCUT2D eigenvalue weighted by Crippen LogP contribution is 2.43. The summed E-state index contributed by atoms with van der Waals surface area (Å²) < 4.78 is 2.67. The van der Waals surface area contributed by atoms with Gasteiger partial charge in [0.25, 0.3) is 0 Å². The fraction of sp³-hybridized carbons (Fsp3) is 0.111. The van der Waals surface area contributed by atoms with Crippen molar-refractivity contribution in [2.75, 3.05) is 0 Å². The van der Waals surface area contributed by atoms with E-state index in [1.807, 2.05) is 31.3 Å². The fourth-order valence-electron chi connectivity index (χ4n) is 4.38. The second kappa shape index (κ2) is 6.75. The van der Waals surface area contributed by atoms with Gasteiger partial charge in [-0.25, -0.2) is 0 Å². The normalized spacial score (nSPS) is 11.4. The lowest BCUT2D eigenvalue weighted by molar-refractivity contribution is 1.49. The average molecular weight is 394 g/mol. The highest BCUT2D eigenvalue weighted by Gasteiger charge is 2.15. The fourth-order valence-corrected chi connectivity index (χ4v) is 5.69. The van der Waals surface area contributed by atoms with Crippen molar-refractivity contribution in [1.29, 1.82) is 0 Å². The number of hydrogen-bond donors (Lipinski definition) is 1. The van der Waals surface area contributed by atoms with Gasteiger partial charge in [0.15, 0.2) is 0 Å². The summed E-state index contributed by atoms with van der Waals surface area (Å²) in [6, 6.07) is 22.1. The van der Waals surface area contributed by atoms with Gasteiger partial charge in [0, 0.05) is 42.0 Å². The summed E-state index contributed by atoms with van der Waals surface area (Å²) in [5.41, 5.74) is 4.94. The Hall–Kier alpha value is -3.10. The van der Waals surface area contributed by atoms with E-state index >= 15 is 0 Å². The highest BCUT2D eigenvalue weighted by molar-refractivity contribution is 7.26. The smallest absolute Gasteiger partial charge is 0.0472 e. The molecule has 0 fully saturated rings. The van der Waals surface area contributed by atoms with Crippen molar-refractivity contribution < 1.29 is 0 Å². The molecule has 0 aliphatic carbocycles. The van der Waals surface area contributed by atoms with Crippen LogP contribution in [0.25, 0.3) is 58.8 Å². The van der Waals surface area contributed by atoms with Crippen LogP contribution in [0.4, 0.5) is 0 Å². The molecule has 0 amide bonds. The van der Waals surface area contributed by atoms with Crippen molar-refractivity contribution in [1.82, 2.24) is 4.98 Å². The van der Waals surface area contributed by atoms with Crippen LogP contribution in [-0.4, -0.2) is 4.98 Å². The van der Waals surface area contributed by atoms with E-state index in [1.165, 1.54) is 63.9 Å². The third-order valence-corrected chi connectivity index (χ3v) is 6.90. The zero-order valence-corrected chi connectivity index (χ0v) is 17.8. The van der Waals surface area contributed by atoms with Crippen LogP contribution < -0.4 is 0 Å². The Kier molecular flexibility index (Phi) is 4.18. The molecule has 2 heterocycles. The van der Waals surface area contributed by atoms with E-state index in [-0.39, 0.29) is 0 Å². The van der Waals surface area contributed by atoms with Gasteiger partial charge in [-0.05, 0) is 53.1 Å². The minimum atomic E-state index is 1.20. The lowest BCUT2D eigenvalue weighted by Gasteiger charge is -2.02. The van der Waals surface area contributed by atoms with Crippen molar-refractivity contribution in [3.63, 3.8) is 0 Å². The van der Waals surface area contributed by atoms with Crippen LogP contribution in [-0.2, 0) is 0 Å².